The average molecular weight is 319 g/mol. The van der Waals surface area contributed by atoms with Gasteiger partial charge in [-0.3, -0.25) is 0 Å². The summed E-state index contributed by atoms with van der Waals surface area (Å²) < 4.78 is 10.3. The number of benzene rings is 1. The van der Waals surface area contributed by atoms with E-state index >= 15 is 0 Å². The molecule has 5 heteroatoms. The molecule has 1 aromatic rings. The van der Waals surface area contributed by atoms with E-state index in [-0.39, 0.29) is 5.41 Å². The molecule has 1 amide bonds. The number of aliphatic hydroxyl groups excluding tert-OH is 1. The number of unbranched alkanes of at least 4 members (excludes halogenated alkanes) is 1. The molecule has 3 unspecified atom stereocenters. The van der Waals surface area contributed by atoms with Gasteiger partial charge in [0, 0.05) is 24.9 Å². The van der Waals surface area contributed by atoms with Crippen molar-refractivity contribution in [2.24, 2.45) is 5.92 Å². The molecule has 0 aromatic heterocycles. The fourth-order valence-electron chi connectivity index (χ4n) is 3.62. The number of likely N-dealkylation sites (tertiary alicyclic amines) is 1. The predicted octanol–water partition coefficient (Wildman–Crippen LogP) is 2.91. The van der Waals surface area contributed by atoms with E-state index in [0.717, 1.165) is 25.0 Å². The molecule has 23 heavy (non-hydrogen) atoms. The lowest BCUT2D eigenvalue weighted by Gasteiger charge is -2.22. The molecule has 3 rings (SSSR count). The second kappa shape index (κ2) is 6.40. The van der Waals surface area contributed by atoms with E-state index in [1.807, 2.05) is 19.1 Å². The second-order valence-corrected chi connectivity index (χ2v) is 6.65. The number of nitrogens with zero attached hydrogens (tertiary/aromatic N) is 1. The van der Waals surface area contributed by atoms with Gasteiger partial charge in [0.2, 0.25) is 6.29 Å². The van der Waals surface area contributed by atoms with Crippen molar-refractivity contribution < 1.29 is 19.4 Å². The molecule has 0 radical (unpaired) electrons. The monoisotopic (exact) mass is 319 g/mol. The molecule has 3 atom stereocenters. The first-order chi connectivity index (χ1) is 11.1. The van der Waals surface area contributed by atoms with Gasteiger partial charge in [0.05, 0.1) is 7.11 Å². The van der Waals surface area contributed by atoms with E-state index in [1.54, 1.807) is 12.0 Å². The molecule has 1 heterocycles. The van der Waals surface area contributed by atoms with Crippen LogP contribution >= 0.6 is 0 Å². The van der Waals surface area contributed by atoms with E-state index in [1.165, 1.54) is 5.56 Å². The molecule has 1 aromatic carbocycles. The van der Waals surface area contributed by atoms with Crippen LogP contribution in [0.3, 0.4) is 0 Å². The number of aliphatic hydroxyl groups is 1. The van der Waals surface area contributed by atoms with Gasteiger partial charge in [0.1, 0.15) is 5.75 Å². The van der Waals surface area contributed by atoms with Crippen molar-refractivity contribution in [1.29, 1.82) is 0 Å². The van der Waals surface area contributed by atoms with Crippen molar-refractivity contribution in [2.45, 2.75) is 44.3 Å². The van der Waals surface area contributed by atoms with Gasteiger partial charge in [-0.15, -0.1) is 0 Å². The zero-order valence-electron chi connectivity index (χ0n) is 13.8. The number of methoxy groups -OCH3 is 1. The van der Waals surface area contributed by atoms with E-state index in [4.69, 9.17) is 9.47 Å². The number of amides is 1. The standard InChI is InChI=1S/C18H25NO4/c1-3-4-5-16(20)23-17(21)19-11-14-10-18(14,12-19)13-6-8-15(22-2)9-7-13/h6-9,14,16,20H,3-5,10-12H2,1-2H3. The minimum absolute atomic E-state index is 0.0691. The molecule has 1 saturated carbocycles. The topological polar surface area (TPSA) is 59.0 Å². The van der Waals surface area contributed by atoms with Gasteiger partial charge >= 0.3 is 6.09 Å². The number of fused-ring (bicyclic) bond motifs is 1. The highest BCUT2D eigenvalue weighted by atomic mass is 16.6. The fraction of sp³-hybridized carbons (Fsp3) is 0.611. The number of rotatable bonds is 6. The maximum Gasteiger partial charge on any atom is 0.412 e. The summed E-state index contributed by atoms with van der Waals surface area (Å²) in [5.74, 6) is 1.34. The van der Waals surface area contributed by atoms with E-state index in [9.17, 15) is 9.90 Å². The van der Waals surface area contributed by atoms with Gasteiger partial charge in [0.15, 0.2) is 0 Å². The first-order valence-corrected chi connectivity index (χ1v) is 8.37. The maximum atomic E-state index is 12.2. The Labute approximate surface area is 137 Å². The van der Waals surface area contributed by atoms with Crippen LogP contribution in [0.5, 0.6) is 5.75 Å². The molecule has 0 spiro atoms. The van der Waals surface area contributed by atoms with Crippen molar-refractivity contribution in [3.63, 3.8) is 0 Å². The minimum Gasteiger partial charge on any atom is -0.497 e. The number of hydrogen-bond donors (Lipinski definition) is 1. The Balaban J connectivity index is 1.59. The minimum atomic E-state index is -0.990. The Morgan fingerprint density at radius 2 is 2.17 bits per heavy atom. The third kappa shape index (κ3) is 3.15. The highest BCUT2D eigenvalue weighted by molar-refractivity contribution is 5.69. The molecule has 126 valence electrons. The second-order valence-electron chi connectivity index (χ2n) is 6.65. The van der Waals surface area contributed by atoms with Crippen LogP contribution in [-0.4, -0.2) is 42.6 Å². The van der Waals surface area contributed by atoms with E-state index < -0.39 is 12.4 Å². The van der Waals surface area contributed by atoms with Crippen LogP contribution in [0, 0.1) is 5.92 Å². The summed E-state index contributed by atoms with van der Waals surface area (Å²) in [6, 6.07) is 8.11. The van der Waals surface area contributed by atoms with Crippen LogP contribution < -0.4 is 4.74 Å². The zero-order chi connectivity index (χ0) is 16.4. The number of carbonyl (C=O) groups is 1. The van der Waals surface area contributed by atoms with Gasteiger partial charge in [-0.1, -0.05) is 25.5 Å². The van der Waals surface area contributed by atoms with Crippen LogP contribution in [0.25, 0.3) is 0 Å². The Morgan fingerprint density at radius 3 is 2.83 bits per heavy atom. The van der Waals surface area contributed by atoms with Crippen molar-refractivity contribution >= 4 is 6.09 Å². The summed E-state index contributed by atoms with van der Waals surface area (Å²) in [6.45, 7) is 3.43. The average Bonchev–Trinajstić information content (AvgIpc) is 3.14. The third-order valence-electron chi connectivity index (χ3n) is 5.11. The van der Waals surface area contributed by atoms with Gasteiger partial charge in [-0.25, -0.2) is 4.79 Å². The van der Waals surface area contributed by atoms with Gasteiger partial charge in [0.25, 0.3) is 0 Å². The van der Waals surface area contributed by atoms with Crippen molar-refractivity contribution in [1.82, 2.24) is 4.90 Å². The van der Waals surface area contributed by atoms with Gasteiger partial charge in [-0.2, -0.15) is 0 Å². The summed E-state index contributed by atoms with van der Waals surface area (Å²) in [5, 5.41) is 9.74. The molecule has 1 saturated heterocycles. The summed E-state index contributed by atoms with van der Waals surface area (Å²) in [5.41, 5.74) is 1.32. The van der Waals surface area contributed by atoms with E-state index in [0.29, 0.717) is 25.4 Å². The smallest absolute Gasteiger partial charge is 0.412 e. The molecule has 2 aliphatic rings. The highest BCUT2D eigenvalue weighted by Gasteiger charge is 2.62. The lowest BCUT2D eigenvalue weighted by atomic mass is 9.95. The predicted molar refractivity (Wildman–Crippen MR) is 86.4 cm³/mol. The SMILES string of the molecule is CCCCC(O)OC(=O)N1CC2CC2(c2ccc(OC)cc2)C1. The summed E-state index contributed by atoms with van der Waals surface area (Å²) in [4.78, 5) is 13.9. The Morgan fingerprint density at radius 1 is 1.43 bits per heavy atom. The molecular formula is C18H25NO4. The molecule has 1 N–H and O–H groups in total. The van der Waals surface area contributed by atoms with Crippen molar-refractivity contribution in [3.05, 3.63) is 29.8 Å². The third-order valence-corrected chi connectivity index (χ3v) is 5.11. The fourth-order valence-corrected chi connectivity index (χ4v) is 3.62. The number of hydrogen-bond acceptors (Lipinski definition) is 4. The van der Waals surface area contributed by atoms with Crippen LogP contribution in [0.4, 0.5) is 4.79 Å². The Hall–Kier alpha value is -1.75. The Kier molecular flexibility index (Phi) is 4.48. The van der Waals surface area contributed by atoms with Gasteiger partial charge < -0.3 is 19.5 Å². The molecular weight excluding hydrogens is 294 g/mol. The van der Waals surface area contributed by atoms with Crippen molar-refractivity contribution in [2.75, 3.05) is 20.2 Å². The number of ether oxygens (including phenoxy) is 2. The number of carbonyl (C=O) groups excluding carboxylic acids is 1. The lowest BCUT2D eigenvalue weighted by molar-refractivity contribution is -0.0685. The summed E-state index contributed by atoms with van der Waals surface area (Å²) in [6.07, 6.45) is 2.06. The first kappa shape index (κ1) is 16.1. The maximum absolute atomic E-state index is 12.2. The van der Waals surface area contributed by atoms with Crippen LogP contribution in [-0.2, 0) is 10.2 Å². The van der Waals surface area contributed by atoms with Gasteiger partial charge in [-0.05, 0) is 36.5 Å². The van der Waals surface area contributed by atoms with Crippen molar-refractivity contribution in [3.8, 4) is 5.75 Å². The highest BCUT2D eigenvalue weighted by Crippen LogP contribution is 2.59. The molecule has 0 bridgehead atoms. The van der Waals surface area contributed by atoms with E-state index in [2.05, 4.69) is 12.1 Å². The lowest BCUT2D eigenvalue weighted by Crippen LogP contribution is -2.35. The summed E-state index contributed by atoms with van der Waals surface area (Å²) >= 11 is 0. The molecule has 5 nitrogen and oxygen atoms in total. The zero-order valence-corrected chi connectivity index (χ0v) is 13.8. The number of piperidine rings is 1. The quantitative estimate of drug-likeness (QED) is 0.819. The van der Waals surface area contributed by atoms with Crippen LogP contribution in [0.2, 0.25) is 0 Å². The largest absolute Gasteiger partial charge is 0.497 e. The Bertz CT molecular complexity index is 559. The van der Waals surface area contributed by atoms with Crippen LogP contribution in [0.15, 0.2) is 24.3 Å². The molecule has 1 aliphatic heterocycles. The molecule has 2 fully saturated rings. The van der Waals surface area contributed by atoms with Crippen LogP contribution in [0.1, 0.15) is 38.2 Å². The normalized spacial score (nSPS) is 26.6. The summed E-state index contributed by atoms with van der Waals surface area (Å²) in [7, 11) is 1.66. The first-order valence-electron chi connectivity index (χ1n) is 8.37. The molecule has 1 aliphatic carbocycles.